The van der Waals surface area contributed by atoms with Gasteiger partial charge in [-0.3, -0.25) is 14.7 Å². The molecule has 1 amide bonds. The van der Waals surface area contributed by atoms with Crippen LogP contribution in [0.15, 0.2) is 54.9 Å². The van der Waals surface area contributed by atoms with Crippen LogP contribution in [0.5, 0.6) is 0 Å². The lowest BCUT2D eigenvalue weighted by Crippen LogP contribution is -2.50. The summed E-state index contributed by atoms with van der Waals surface area (Å²) in [5.74, 6) is 0.210. The average Bonchev–Trinajstić information content (AvgIpc) is 2.95. The van der Waals surface area contributed by atoms with Crippen molar-refractivity contribution in [3.8, 4) is 0 Å². The van der Waals surface area contributed by atoms with E-state index in [-0.39, 0.29) is 17.4 Å². The monoisotopic (exact) mass is 321 g/mol. The van der Waals surface area contributed by atoms with Gasteiger partial charge in [0.25, 0.3) is 0 Å². The third-order valence-corrected chi connectivity index (χ3v) is 5.47. The molecule has 0 unspecified atom stereocenters. The first kappa shape index (κ1) is 15.3. The standard InChI is InChI=1S/C20H23N3O/c24-19-18(17-4-2-1-3-5-17)14-20(22-19)8-12-23(13-9-20)15-16-6-10-21-11-7-16/h1-7,10-11,18H,8-9,12-15H2,(H,22,24)/t18-/m0/s1. The molecule has 24 heavy (non-hydrogen) atoms. The topological polar surface area (TPSA) is 45.2 Å². The lowest BCUT2D eigenvalue weighted by molar-refractivity contribution is -0.121. The number of nitrogens with one attached hydrogen (secondary N) is 1. The lowest BCUT2D eigenvalue weighted by atomic mass is 9.82. The Bertz CT molecular complexity index is 693. The molecule has 4 rings (SSSR count). The highest BCUT2D eigenvalue weighted by Crippen LogP contribution is 2.39. The molecule has 2 saturated heterocycles. The predicted octanol–water partition coefficient (Wildman–Crippen LogP) is 2.72. The van der Waals surface area contributed by atoms with Crippen LogP contribution >= 0.6 is 0 Å². The summed E-state index contributed by atoms with van der Waals surface area (Å²) in [6.07, 6.45) is 6.70. The van der Waals surface area contributed by atoms with Crippen LogP contribution in [0, 0.1) is 0 Å². The van der Waals surface area contributed by atoms with Crippen LogP contribution in [0.25, 0.3) is 0 Å². The van der Waals surface area contributed by atoms with Gasteiger partial charge in [-0.2, -0.15) is 0 Å². The fourth-order valence-electron chi connectivity index (χ4n) is 4.05. The van der Waals surface area contributed by atoms with E-state index in [2.05, 4.69) is 39.5 Å². The normalized spacial score (nSPS) is 23.3. The zero-order valence-corrected chi connectivity index (χ0v) is 13.8. The molecule has 1 N–H and O–H groups in total. The minimum atomic E-state index is -0.00760. The van der Waals surface area contributed by atoms with Gasteiger partial charge in [-0.05, 0) is 42.5 Å². The summed E-state index contributed by atoms with van der Waals surface area (Å²) in [6.45, 7) is 3.03. The van der Waals surface area contributed by atoms with E-state index in [1.807, 2.05) is 30.6 Å². The van der Waals surface area contributed by atoms with Crippen molar-refractivity contribution in [2.45, 2.75) is 37.3 Å². The van der Waals surface area contributed by atoms with Gasteiger partial charge in [-0.15, -0.1) is 0 Å². The third-order valence-electron chi connectivity index (χ3n) is 5.47. The van der Waals surface area contributed by atoms with E-state index in [1.165, 1.54) is 5.56 Å². The van der Waals surface area contributed by atoms with Crippen LogP contribution in [-0.2, 0) is 11.3 Å². The number of amides is 1. The fraction of sp³-hybridized carbons (Fsp3) is 0.400. The van der Waals surface area contributed by atoms with Crippen LogP contribution in [0.2, 0.25) is 0 Å². The number of hydrogen-bond donors (Lipinski definition) is 1. The molecular formula is C20H23N3O. The van der Waals surface area contributed by atoms with Gasteiger partial charge in [0.15, 0.2) is 0 Å². The highest BCUT2D eigenvalue weighted by Gasteiger charge is 2.45. The number of rotatable bonds is 3. The van der Waals surface area contributed by atoms with Gasteiger partial charge in [-0.25, -0.2) is 0 Å². The van der Waals surface area contributed by atoms with Gasteiger partial charge < -0.3 is 5.32 Å². The second-order valence-corrected chi connectivity index (χ2v) is 7.07. The Kier molecular flexibility index (Phi) is 4.07. The molecule has 3 heterocycles. The smallest absolute Gasteiger partial charge is 0.228 e. The van der Waals surface area contributed by atoms with E-state index < -0.39 is 0 Å². The van der Waals surface area contributed by atoms with Crippen LogP contribution in [-0.4, -0.2) is 34.4 Å². The molecule has 4 nitrogen and oxygen atoms in total. The molecule has 2 aromatic rings. The van der Waals surface area contributed by atoms with Crippen molar-refractivity contribution in [2.75, 3.05) is 13.1 Å². The van der Waals surface area contributed by atoms with Gasteiger partial charge in [-0.1, -0.05) is 30.3 Å². The Morgan fingerprint density at radius 3 is 2.50 bits per heavy atom. The van der Waals surface area contributed by atoms with Crippen molar-refractivity contribution in [3.63, 3.8) is 0 Å². The maximum Gasteiger partial charge on any atom is 0.228 e. The molecule has 2 fully saturated rings. The molecular weight excluding hydrogens is 298 g/mol. The van der Waals surface area contributed by atoms with Crippen LogP contribution < -0.4 is 5.32 Å². The van der Waals surface area contributed by atoms with E-state index in [0.717, 1.165) is 44.5 Å². The Morgan fingerprint density at radius 1 is 1.08 bits per heavy atom. The zero-order valence-electron chi connectivity index (χ0n) is 13.8. The Labute approximate surface area is 142 Å². The highest BCUT2D eigenvalue weighted by atomic mass is 16.2. The molecule has 0 radical (unpaired) electrons. The van der Waals surface area contributed by atoms with E-state index in [9.17, 15) is 4.79 Å². The van der Waals surface area contributed by atoms with E-state index in [4.69, 9.17) is 0 Å². The summed E-state index contributed by atoms with van der Waals surface area (Å²) in [7, 11) is 0. The van der Waals surface area contributed by atoms with Crippen molar-refractivity contribution in [3.05, 3.63) is 66.0 Å². The first-order valence-electron chi connectivity index (χ1n) is 8.72. The SMILES string of the molecule is O=C1NC2(CCN(Cc3ccncc3)CC2)C[C@H]1c1ccccc1. The lowest BCUT2D eigenvalue weighted by Gasteiger charge is -2.39. The summed E-state index contributed by atoms with van der Waals surface area (Å²) >= 11 is 0. The summed E-state index contributed by atoms with van der Waals surface area (Å²) in [4.78, 5) is 19.0. The number of carbonyl (C=O) groups excluding carboxylic acids is 1. The highest BCUT2D eigenvalue weighted by molar-refractivity contribution is 5.87. The Balaban J connectivity index is 1.39. The Hall–Kier alpha value is -2.20. The summed E-state index contributed by atoms with van der Waals surface area (Å²) in [5, 5.41) is 3.33. The van der Waals surface area contributed by atoms with Crippen LogP contribution in [0.1, 0.15) is 36.3 Å². The first-order valence-corrected chi connectivity index (χ1v) is 8.72. The molecule has 1 atom stereocenters. The summed E-state index contributed by atoms with van der Waals surface area (Å²) in [5.41, 5.74) is 2.44. The molecule has 0 aliphatic carbocycles. The van der Waals surface area contributed by atoms with Gasteiger partial charge in [0.05, 0.1) is 5.92 Å². The number of nitrogens with zero attached hydrogens (tertiary/aromatic N) is 2. The molecule has 1 aromatic heterocycles. The van der Waals surface area contributed by atoms with E-state index >= 15 is 0 Å². The van der Waals surface area contributed by atoms with Crippen LogP contribution in [0.3, 0.4) is 0 Å². The molecule has 0 saturated carbocycles. The average molecular weight is 321 g/mol. The number of piperidine rings is 1. The van der Waals surface area contributed by atoms with Gasteiger partial charge in [0.1, 0.15) is 0 Å². The van der Waals surface area contributed by atoms with E-state index in [1.54, 1.807) is 0 Å². The second kappa shape index (κ2) is 6.36. The Morgan fingerprint density at radius 2 is 1.79 bits per heavy atom. The number of carbonyl (C=O) groups is 1. The maximum absolute atomic E-state index is 12.5. The van der Waals surface area contributed by atoms with Crippen molar-refractivity contribution < 1.29 is 4.79 Å². The fourth-order valence-corrected chi connectivity index (χ4v) is 4.05. The molecule has 1 spiro atoms. The minimum Gasteiger partial charge on any atom is -0.350 e. The predicted molar refractivity (Wildman–Crippen MR) is 93.4 cm³/mol. The first-order chi connectivity index (χ1) is 11.7. The van der Waals surface area contributed by atoms with Crippen molar-refractivity contribution in [1.82, 2.24) is 15.2 Å². The number of aromatic nitrogens is 1. The number of likely N-dealkylation sites (tertiary alicyclic amines) is 1. The maximum atomic E-state index is 12.5. The number of benzene rings is 1. The van der Waals surface area contributed by atoms with Crippen molar-refractivity contribution in [1.29, 1.82) is 0 Å². The molecule has 2 aliphatic heterocycles. The molecule has 0 bridgehead atoms. The van der Waals surface area contributed by atoms with E-state index in [0.29, 0.717) is 0 Å². The van der Waals surface area contributed by atoms with Crippen LogP contribution in [0.4, 0.5) is 0 Å². The van der Waals surface area contributed by atoms with Crippen molar-refractivity contribution in [2.24, 2.45) is 0 Å². The van der Waals surface area contributed by atoms with Crippen molar-refractivity contribution >= 4 is 5.91 Å². The largest absolute Gasteiger partial charge is 0.350 e. The summed E-state index contributed by atoms with van der Waals surface area (Å²) in [6, 6.07) is 14.3. The second-order valence-electron chi connectivity index (χ2n) is 7.07. The molecule has 1 aromatic carbocycles. The molecule has 2 aliphatic rings. The number of hydrogen-bond acceptors (Lipinski definition) is 3. The summed E-state index contributed by atoms with van der Waals surface area (Å²) < 4.78 is 0. The van der Waals surface area contributed by atoms with Gasteiger partial charge in [0, 0.05) is 37.6 Å². The quantitative estimate of drug-likeness (QED) is 0.945. The van der Waals surface area contributed by atoms with Gasteiger partial charge >= 0.3 is 0 Å². The molecule has 4 heteroatoms. The van der Waals surface area contributed by atoms with Gasteiger partial charge in [0.2, 0.25) is 5.91 Å². The minimum absolute atomic E-state index is 0.00760. The zero-order chi connectivity index (χ0) is 16.4. The molecule has 124 valence electrons. The third kappa shape index (κ3) is 3.06. The number of pyridine rings is 1.